The van der Waals surface area contributed by atoms with Gasteiger partial charge in [0, 0.05) is 0 Å². The van der Waals surface area contributed by atoms with E-state index in [9.17, 15) is 4.79 Å². The van der Waals surface area contributed by atoms with Gasteiger partial charge in [-0.25, -0.2) is 9.39 Å². The van der Waals surface area contributed by atoms with Crippen LogP contribution in [0.2, 0.25) is 0 Å². The van der Waals surface area contributed by atoms with E-state index in [0.717, 1.165) is 13.1 Å². The van der Waals surface area contributed by atoms with Crippen LogP contribution in [-0.4, -0.2) is 37.9 Å². The number of quaternary nitrogens is 1. The largest absolute Gasteiger partial charge is 0.451 e. The van der Waals surface area contributed by atoms with Crippen LogP contribution in [-0.2, 0) is 4.74 Å². The van der Waals surface area contributed by atoms with E-state index in [1.165, 1.54) is 26.4 Å². The molecular formula is C9H20N2O2. The highest BCUT2D eigenvalue weighted by Crippen LogP contribution is 2.12. The third kappa shape index (κ3) is 3.63. The van der Waals surface area contributed by atoms with Crippen molar-refractivity contribution < 1.29 is 14.1 Å². The van der Waals surface area contributed by atoms with E-state index in [1.807, 2.05) is 7.05 Å². The molecule has 1 rings (SSSR count). The maximum absolute atomic E-state index is 10.9. The van der Waals surface area contributed by atoms with Gasteiger partial charge >= 0.3 is 6.09 Å². The van der Waals surface area contributed by atoms with Crippen molar-refractivity contribution in [3.8, 4) is 0 Å². The van der Waals surface area contributed by atoms with Gasteiger partial charge in [0.1, 0.15) is 13.1 Å². The Morgan fingerprint density at radius 3 is 2.31 bits per heavy atom. The van der Waals surface area contributed by atoms with Crippen molar-refractivity contribution in [3.05, 3.63) is 7.43 Å². The van der Waals surface area contributed by atoms with Crippen LogP contribution in [0.4, 0.5) is 4.79 Å². The Hall–Kier alpha value is -0.770. The van der Waals surface area contributed by atoms with Gasteiger partial charge in [0.15, 0.2) is 0 Å². The molecular weight excluding hydrogens is 168 g/mol. The summed E-state index contributed by atoms with van der Waals surface area (Å²) in [5.74, 6) is 0. The highest BCUT2D eigenvalue weighted by molar-refractivity contribution is 5.65. The number of amides is 1. The smallest absolute Gasteiger partial charge is 0.450 e. The van der Waals surface area contributed by atoms with Crippen LogP contribution in [0.15, 0.2) is 0 Å². The molecule has 1 N–H and O–H groups in total. The molecule has 1 heterocycles. The van der Waals surface area contributed by atoms with Crippen molar-refractivity contribution in [1.29, 1.82) is 0 Å². The zero-order chi connectivity index (χ0) is 9.03. The lowest BCUT2D eigenvalue weighted by atomic mass is 10.1. The molecule has 4 heteroatoms. The highest BCUT2D eigenvalue weighted by atomic mass is 16.5. The summed E-state index contributed by atoms with van der Waals surface area (Å²) in [5.41, 5.74) is 2.82. The first kappa shape index (κ1) is 12.2. The molecule has 0 bridgehead atoms. The molecule has 4 nitrogen and oxygen atoms in total. The van der Waals surface area contributed by atoms with E-state index in [0.29, 0.717) is 4.59 Å². The lowest BCUT2D eigenvalue weighted by Crippen LogP contribution is -2.59. The molecule has 0 aromatic rings. The third-order valence-electron chi connectivity index (χ3n) is 2.35. The summed E-state index contributed by atoms with van der Waals surface area (Å²) in [5, 5.41) is 0. The Morgan fingerprint density at radius 1 is 1.31 bits per heavy atom. The number of methoxy groups -OCH3 is 1. The fourth-order valence-electron chi connectivity index (χ4n) is 1.59. The number of piperidine rings is 1. The fourth-order valence-corrected chi connectivity index (χ4v) is 1.59. The molecule has 0 spiro atoms. The molecule has 1 fully saturated rings. The first-order valence-electron chi connectivity index (χ1n) is 4.37. The third-order valence-corrected chi connectivity index (χ3v) is 2.35. The van der Waals surface area contributed by atoms with Crippen molar-refractivity contribution in [2.24, 2.45) is 0 Å². The molecule has 0 radical (unpaired) electrons. The molecule has 78 valence electrons. The van der Waals surface area contributed by atoms with Crippen LogP contribution in [0, 0.1) is 7.43 Å². The quantitative estimate of drug-likeness (QED) is 0.498. The number of carbonyl (C=O) groups excluding carboxylic acids is 1. The predicted octanol–water partition coefficient (Wildman–Crippen LogP) is 1.34. The summed E-state index contributed by atoms with van der Waals surface area (Å²) in [6, 6.07) is 0. The summed E-state index contributed by atoms with van der Waals surface area (Å²) in [4.78, 5) is 10.9. The lowest BCUT2D eigenvalue weighted by Gasteiger charge is -2.35. The molecule has 0 aliphatic carbocycles. The number of nitrogens with zero attached hydrogens (tertiary/aromatic N) is 1. The van der Waals surface area contributed by atoms with Crippen molar-refractivity contribution >= 4 is 6.09 Å². The number of nitrogens with one attached hydrogen (secondary N) is 1. The standard InChI is InChI=1S/C8H16N2O2.CH3/c1-10(9-8(11)12-2)6-4-3-5-7-10;/h3-7H2,1-2H3;1H3/q;-1/p+1. The Balaban J connectivity index is 0.00000144. The average Bonchev–Trinajstić information content (AvgIpc) is 2.05. The van der Waals surface area contributed by atoms with Crippen molar-refractivity contribution in [2.75, 3.05) is 27.2 Å². The molecule has 1 saturated heterocycles. The minimum Gasteiger partial charge on any atom is -0.450 e. The van der Waals surface area contributed by atoms with Gasteiger partial charge in [-0.2, -0.15) is 5.43 Å². The maximum atomic E-state index is 10.9. The van der Waals surface area contributed by atoms with Crippen LogP contribution < -0.4 is 5.43 Å². The first-order chi connectivity index (χ1) is 5.66. The van der Waals surface area contributed by atoms with E-state index in [-0.39, 0.29) is 13.5 Å². The van der Waals surface area contributed by atoms with Gasteiger partial charge in [-0.15, -0.1) is 0 Å². The second-order valence-electron chi connectivity index (χ2n) is 3.51. The molecule has 1 aliphatic rings. The summed E-state index contributed by atoms with van der Waals surface area (Å²) in [6.07, 6.45) is 3.30. The van der Waals surface area contributed by atoms with Crippen molar-refractivity contribution in [2.45, 2.75) is 19.3 Å². The predicted molar refractivity (Wildman–Crippen MR) is 51.7 cm³/mol. The van der Waals surface area contributed by atoms with E-state index in [1.54, 1.807) is 0 Å². The summed E-state index contributed by atoms with van der Waals surface area (Å²) in [6.45, 7) is 2.02. The molecule has 0 aromatic carbocycles. The average molecular weight is 188 g/mol. The van der Waals surface area contributed by atoms with Gasteiger partial charge in [0.2, 0.25) is 0 Å². The van der Waals surface area contributed by atoms with E-state index in [4.69, 9.17) is 0 Å². The van der Waals surface area contributed by atoms with Crippen molar-refractivity contribution in [3.63, 3.8) is 0 Å². The highest BCUT2D eigenvalue weighted by Gasteiger charge is 2.27. The Morgan fingerprint density at radius 2 is 1.85 bits per heavy atom. The fraction of sp³-hybridized carbons (Fsp3) is 0.778. The number of likely N-dealkylation sites (tertiary alicyclic amines) is 1. The second kappa shape index (κ2) is 5.07. The monoisotopic (exact) mass is 188 g/mol. The number of rotatable bonds is 1. The lowest BCUT2D eigenvalue weighted by molar-refractivity contribution is -0.948. The van der Waals surface area contributed by atoms with Gasteiger partial charge < -0.3 is 12.2 Å². The minimum atomic E-state index is -0.334. The van der Waals surface area contributed by atoms with Crippen LogP contribution in [0.25, 0.3) is 0 Å². The zero-order valence-corrected chi connectivity index (χ0v) is 8.80. The molecule has 1 aliphatic heterocycles. The minimum absolute atomic E-state index is 0. The molecule has 0 atom stereocenters. The van der Waals surface area contributed by atoms with Gasteiger partial charge in [-0.3, -0.25) is 0 Å². The second-order valence-corrected chi connectivity index (χ2v) is 3.51. The van der Waals surface area contributed by atoms with Gasteiger partial charge in [-0.1, -0.05) is 0 Å². The van der Waals surface area contributed by atoms with Gasteiger partial charge in [0.05, 0.1) is 14.2 Å². The van der Waals surface area contributed by atoms with Crippen LogP contribution >= 0.6 is 0 Å². The molecule has 1 amide bonds. The summed E-state index contributed by atoms with van der Waals surface area (Å²) < 4.78 is 5.17. The molecule has 0 unspecified atom stereocenters. The molecule has 0 saturated carbocycles. The Bertz CT molecular complexity index is 165. The molecule has 13 heavy (non-hydrogen) atoms. The topological polar surface area (TPSA) is 38.3 Å². The number of ether oxygens (including phenoxy) is 1. The number of hydrogen-bond acceptors (Lipinski definition) is 2. The number of hydrogen-bond donors (Lipinski definition) is 1. The Labute approximate surface area is 80.4 Å². The zero-order valence-electron chi connectivity index (χ0n) is 8.80. The Kier molecular flexibility index (Phi) is 4.77. The van der Waals surface area contributed by atoms with Crippen LogP contribution in [0.5, 0.6) is 0 Å². The summed E-state index contributed by atoms with van der Waals surface area (Å²) in [7, 11) is 3.42. The summed E-state index contributed by atoms with van der Waals surface area (Å²) >= 11 is 0. The molecule has 0 aromatic heterocycles. The van der Waals surface area contributed by atoms with Gasteiger partial charge in [-0.05, 0) is 19.3 Å². The van der Waals surface area contributed by atoms with Gasteiger partial charge in [0.25, 0.3) is 0 Å². The normalized spacial score (nSPS) is 19.8. The maximum Gasteiger partial charge on any atom is 0.451 e. The van der Waals surface area contributed by atoms with Crippen LogP contribution in [0.1, 0.15) is 19.3 Å². The first-order valence-corrected chi connectivity index (χ1v) is 4.37. The van der Waals surface area contributed by atoms with Crippen molar-refractivity contribution in [1.82, 2.24) is 5.43 Å². The van der Waals surface area contributed by atoms with E-state index in [2.05, 4.69) is 10.2 Å². The van der Waals surface area contributed by atoms with E-state index >= 15 is 0 Å². The van der Waals surface area contributed by atoms with E-state index < -0.39 is 0 Å². The van der Waals surface area contributed by atoms with Crippen LogP contribution in [0.3, 0.4) is 0 Å². The number of carbonyl (C=O) groups is 1. The SMILES string of the molecule is COC(=O)N[N+]1(C)CCCCC1.[CH3-].